The highest BCUT2D eigenvalue weighted by molar-refractivity contribution is 9.11. The van der Waals surface area contributed by atoms with Crippen LogP contribution < -0.4 is 0 Å². The zero-order valence-corrected chi connectivity index (χ0v) is 12.1. The molecule has 0 radical (unpaired) electrons. The Bertz CT molecular complexity index is 624. The second-order valence-electron chi connectivity index (χ2n) is 4.11. The summed E-state index contributed by atoms with van der Waals surface area (Å²) in [7, 11) is 0. The molecule has 1 heterocycles. The number of nitriles is 1. The summed E-state index contributed by atoms with van der Waals surface area (Å²) in [5.41, 5.74) is 3.94. The van der Waals surface area contributed by atoms with Gasteiger partial charge in [0.2, 0.25) is 5.78 Å². The van der Waals surface area contributed by atoms with E-state index in [1.54, 1.807) is 6.92 Å². The van der Waals surface area contributed by atoms with Crippen molar-refractivity contribution in [1.82, 2.24) is 0 Å². The first-order chi connectivity index (χ1) is 7.97. The van der Waals surface area contributed by atoms with E-state index in [1.807, 2.05) is 19.9 Å². The normalized spacial score (nSPS) is 16.9. The molecule has 0 saturated heterocycles. The lowest BCUT2D eigenvalue weighted by atomic mass is 9.97. The van der Waals surface area contributed by atoms with Gasteiger partial charge < -0.3 is 0 Å². The van der Waals surface area contributed by atoms with Gasteiger partial charge in [0.05, 0.1) is 14.7 Å². The Hall–Kier alpha value is -1.18. The van der Waals surface area contributed by atoms with Crippen LogP contribution in [0.5, 0.6) is 0 Å². The molecule has 0 aromatic carbocycles. The van der Waals surface area contributed by atoms with E-state index in [9.17, 15) is 4.79 Å². The number of fused-ring (bicyclic) bond motifs is 1. The summed E-state index contributed by atoms with van der Waals surface area (Å²) < 4.78 is 0.923. The van der Waals surface area contributed by atoms with E-state index in [0.717, 1.165) is 25.4 Å². The lowest BCUT2D eigenvalue weighted by molar-refractivity contribution is 0.104. The molecule has 86 valence electrons. The van der Waals surface area contributed by atoms with Crippen LogP contribution >= 0.6 is 27.3 Å². The Morgan fingerprint density at radius 2 is 2.00 bits per heavy atom. The minimum absolute atomic E-state index is 0.0419. The second kappa shape index (κ2) is 4.25. The van der Waals surface area contributed by atoms with E-state index in [1.165, 1.54) is 11.3 Å². The maximum atomic E-state index is 12.3. The molecule has 1 aliphatic carbocycles. The Balaban J connectivity index is 2.84. The number of hydrogen-bond donors (Lipinski definition) is 0. The number of thiophene rings is 1. The van der Waals surface area contributed by atoms with Gasteiger partial charge in [-0.15, -0.1) is 11.3 Å². The van der Waals surface area contributed by atoms with Gasteiger partial charge in [-0.1, -0.05) is 5.57 Å². The lowest BCUT2D eigenvalue weighted by Gasteiger charge is -2.04. The highest BCUT2D eigenvalue weighted by Gasteiger charge is 2.34. The van der Waals surface area contributed by atoms with Gasteiger partial charge in [0, 0.05) is 22.3 Å². The molecule has 4 heteroatoms. The molecule has 1 aromatic rings. The third-order valence-corrected chi connectivity index (χ3v) is 4.33. The maximum absolute atomic E-state index is 12.3. The summed E-state index contributed by atoms with van der Waals surface area (Å²) in [4.78, 5) is 13.0. The minimum atomic E-state index is 0.0419. The summed E-state index contributed by atoms with van der Waals surface area (Å²) in [6.07, 6.45) is 0. The third kappa shape index (κ3) is 1.80. The van der Waals surface area contributed by atoms with Gasteiger partial charge in [-0.3, -0.25) is 4.79 Å². The first-order valence-corrected chi connectivity index (χ1v) is 6.71. The van der Waals surface area contributed by atoms with Crippen LogP contribution in [0.2, 0.25) is 0 Å². The number of rotatable bonds is 0. The van der Waals surface area contributed by atoms with Crippen LogP contribution in [0.15, 0.2) is 26.6 Å². The fraction of sp³-hybridized carbons (Fsp3) is 0.231. The maximum Gasteiger partial charge on any atom is 0.204 e. The van der Waals surface area contributed by atoms with Crippen molar-refractivity contribution in [3.63, 3.8) is 0 Å². The number of ketones is 1. The van der Waals surface area contributed by atoms with Crippen LogP contribution in [0.25, 0.3) is 5.57 Å². The molecule has 17 heavy (non-hydrogen) atoms. The topological polar surface area (TPSA) is 40.9 Å². The summed E-state index contributed by atoms with van der Waals surface area (Å²) >= 11 is 4.81. The predicted octanol–water partition coefficient (Wildman–Crippen LogP) is 4.34. The number of halogens is 1. The van der Waals surface area contributed by atoms with E-state index >= 15 is 0 Å². The average molecular weight is 308 g/mol. The third-order valence-electron chi connectivity index (χ3n) is 2.70. The molecule has 0 atom stereocenters. The first-order valence-electron chi connectivity index (χ1n) is 5.10. The van der Waals surface area contributed by atoms with Gasteiger partial charge in [-0.05, 0) is 42.8 Å². The van der Waals surface area contributed by atoms with Crippen LogP contribution in [-0.4, -0.2) is 5.78 Å². The van der Waals surface area contributed by atoms with Crippen molar-refractivity contribution in [3.8, 4) is 6.07 Å². The Kier molecular flexibility index (Phi) is 3.07. The number of allylic oxidation sites excluding steroid dienone is 4. The zero-order chi connectivity index (χ0) is 12.7. The van der Waals surface area contributed by atoms with Crippen molar-refractivity contribution in [1.29, 1.82) is 5.26 Å². The molecule has 2 rings (SSSR count). The minimum Gasteiger partial charge on any atom is -0.288 e. The van der Waals surface area contributed by atoms with Crippen LogP contribution in [0, 0.1) is 11.3 Å². The van der Waals surface area contributed by atoms with E-state index in [2.05, 4.69) is 22.0 Å². The van der Waals surface area contributed by atoms with Gasteiger partial charge in [0.15, 0.2) is 0 Å². The molecule has 2 nitrogen and oxygen atoms in total. The number of carbonyl (C=O) groups excluding carboxylic acids is 1. The molecule has 0 fully saturated rings. The lowest BCUT2D eigenvalue weighted by Crippen LogP contribution is -1.97. The number of carbonyl (C=O) groups is 1. The standard InChI is InChI=1S/C13H10BrNOS/c1-6(2)10-11(7(3)5-15)8-4-9(14)17-13(8)12(10)16/h4H,1-3H3/b11-7+. The van der Waals surface area contributed by atoms with Crippen molar-refractivity contribution in [2.75, 3.05) is 0 Å². The number of Topliss-reactive ketones (excluding diaryl/α,β-unsaturated/α-hetero) is 1. The van der Waals surface area contributed by atoms with Crippen molar-refractivity contribution < 1.29 is 4.79 Å². The molecule has 0 amide bonds. The average Bonchev–Trinajstić information content (AvgIpc) is 2.75. The van der Waals surface area contributed by atoms with E-state index in [0.29, 0.717) is 11.1 Å². The zero-order valence-electron chi connectivity index (χ0n) is 9.72. The summed E-state index contributed by atoms with van der Waals surface area (Å²) in [5.74, 6) is 0.0419. The van der Waals surface area contributed by atoms with E-state index in [-0.39, 0.29) is 5.78 Å². The molecule has 0 unspecified atom stereocenters. The molecule has 0 saturated carbocycles. The summed E-state index contributed by atoms with van der Waals surface area (Å²) in [6.45, 7) is 5.57. The largest absolute Gasteiger partial charge is 0.288 e. The summed E-state index contributed by atoms with van der Waals surface area (Å²) in [5, 5.41) is 9.06. The van der Waals surface area contributed by atoms with Gasteiger partial charge in [0.1, 0.15) is 0 Å². The Morgan fingerprint density at radius 1 is 1.35 bits per heavy atom. The Labute approximate surface area is 112 Å². The van der Waals surface area contributed by atoms with Crippen LogP contribution in [0.1, 0.15) is 36.0 Å². The molecule has 0 N–H and O–H groups in total. The first kappa shape index (κ1) is 12.3. The smallest absolute Gasteiger partial charge is 0.204 e. The van der Waals surface area contributed by atoms with E-state index in [4.69, 9.17) is 5.26 Å². The SMILES string of the molecule is CC(C)=C1C(=O)c2sc(Br)cc2/C1=C(/C)C#N. The van der Waals surface area contributed by atoms with Gasteiger partial charge >= 0.3 is 0 Å². The Morgan fingerprint density at radius 3 is 2.53 bits per heavy atom. The van der Waals surface area contributed by atoms with Gasteiger partial charge in [0.25, 0.3) is 0 Å². The van der Waals surface area contributed by atoms with E-state index < -0.39 is 0 Å². The monoisotopic (exact) mass is 307 g/mol. The highest BCUT2D eigenvalue weighted by atomic mass is 79.9. The van der Waals surface area contributed by atoms with Crippen molar-refractivity contribution >= 4 is 38.6 Å². The van der Waals surface area contributed by atoms with Gasteiger partial charge in [-0.2, -0.15) is 5.26 Å². The van der Waals surface area contributed by atoms with Crippen LogP contribution in [0.3, 0.4) is 0 Å². The van der Waals surface area contributed by atoms with Crippen molar-refractivity contribution in [2.24, 2.45) is 0 Å². The fourth-order valence-corrected chi connectivity index (χ4v) is 3.55. The number of hydrogen-bond acceptors (Lipinski definition) is 3. The highest BCUT2D eigenvalue weighted by Crippen LogP contribution is 2.45. The quantitative estimate of drug-likeness (QED) is 0.528. The van der Waals surface area contributed by atoms with Crippen LogP contribution in [-0.2, 0) is 0 Å². The number of nitrogens with zero attached hydrogens (tertiary/aromatic N) is 1. The molecule has 0 bridgehead atoms. The molecule has 1 aromatic heterocycles. The van der Waals surface area contributed by atoms with Crippen molar-refractivity contribution in [3.05, 3.63) is 37.0 Å². The molecular weight excluding hydrogens is 298 g/mol. The molecule has 1 aliphatic rings. The van der Waals surface area contributed by atoms with Crippen LogP contribution in [0.4, 0.5) is 0 Å². The van der Waals surface area contributed by atoms with Gasteiger partial charge in [-0.25, -0.2) is 0 Å². The molecule has 0 aliphatic heterocycles. The fourth-order valence-electron chi connectivity index (χ4n) is 2.00. The van der Waals surface area contributed by atoms with Crippen molar-refractivity contribution in [2.45, 2.75) is 20.8 Å². The molecule has 0 spiro atoms. The summed E-state index contributed by atoms with van der Waals surface area (Å²) in [6, 6.07) is 4.07. The predicted molar refractivity (Wildman–Crippen MR) is 72.9 cm³/mol. The second-order valence-corrected chi connectivity index (χ2v) is 6.54. The molecular formula is C13H10BrNOS.